The van der Waals surface area contributed by atoms with Crippen molar-refractivity contribution in [3.8, 4) is 11.5 Å². The normalized spacial score (nSPS) is 22.6. The third-order valence-corrected chi connectivity index (χ3v) is 3.54. The third-order valence-electron chi connectivity index (χ3n) is 3.54. The number of nitrogens with one attached hydrogen (secondary N) is 1. The molecule has 1 amide bonds. The van der Waals surface area contributed by atoms with Crippen LogP contribution in [0.4, 0.5) is 0 Å². The zero-order valence-electron chi connectivity index (χ0n) is 10.8. The molecule has 1 aliphatic rings. The average Bonchev–Trinajstić information content (AvgIpc) is 3.08. The number of furan rings is 1. The summed E-state index contributed by atoms with van der Waals surface area (Å²) in [5, 5.41) is 6.78. The minimum atomic E-state index is -0.180. The Bertz CT molecular complexity index is 559. The van der Waals surface area contributed by atoms with Crippen LogP contribution in [-0.4, -0.2) is 17.1 Å². The van der Waals surface area contributed by atoms with E-state index in [0.29, 0.717) is 23.1 Å². The maximum absolute atomic E-state index is 12.0. The van der Waals surface area contributed by atoms with Gasteiger partial charge in [-0.3, -0.25) is 4.79 Å². The standard InChI is InChI=1S/C14H16N2O3/c1-9-4-5-10(7-9)15-14(17)11-8-13(19-16-11)12-3-2-6-18-12/h2-3,6,8-10H,4-5,7H2,1H3,(H,15,17). The van der Waals surface area contributed by atoms with Crippen molar-refractivity contribution in [3.05, 3.63) is 30.2 Å². The highest BCUT2D eigenvalue weighted by Crippen LogP contribution is 2.25. The van der Waals surface area contributed by atoms with Crippen LogP contribution in [0, 0.1) is 5.92 Å². The van der Waals surface area contributed by atoms with Gasteiger partial charge in [-0.2, -0.15) is 0 Å². The lowest BCUT2D eigenvalue weighted by atomic mass is 10.1. The molecule has 1 fully saturated rings. The monoisotopic (exact) mass is 260 g/mol. The van der Waals surface area contributed by atoms with Gasteiger partial charge in [0.15, 0.2) is 11.5 Å². The molecule has 0 bridgehead atoms. The van der Waals surface area contributed by atoms with E-state index in [4.69, 9.17) is 8.94 Å². The molecule has 2 heterocycles. The van der Waals surface area contributed by atoms with Crippen molar-refractivity contribution < 1.29 is 13.7 Å². The number of nitrogens with zero attached hydrogens (tertiary/aromatic N) is 1. The molecule has 0 radical (unpaired) electrons. The van der Waals surface area contributed by atoms with Crippen LogP contribution in [0.25, 0.3) is 11.5 Å². The molecule has 1 saturated carbocycles. The van der Waals surface area contributed by atoms with Crippen LogP contribution in [0.3, 0.4) is 0 Å². The summed E-state index contributed by atoms with van der Waals surface area (Å²) in [5.41, 5.74) is 0.297. The zero-order valence-corrected chi connectivity index (χ0v) is 10.8. The molecule has 2 atom stereocenters. The molecular formula is C14H16N2O3. The van der Waals surface area contributed by atoms with Crippen LogP contribution >= 0.6 is 0 Å². The van der Waals surface area contributed by atoms with Gasteiger partial charge in [-0.1, -0.05) is 12.1 Å². The summed E-state index contributed by atoms with van der Waals surface area (Å²) in [6, 6.07) is 5.39. The molecule has 2 unspecified atom stereocenters. The summed E-state index contributed by atoms with van der Waals surface area (Å²) in [5.74, 6) is 1.54. The maximum Gasteiger partial charge on any atom is 0.273 e. The summed E-state index contributed by atoms with van der Waals surface area (Å²) in [7, 11) is 0. The van der Waals surface area contributed by atoms with Crippen LogP contribution < -0.4 is 5.32 Å². The van der Waals surface area contributed by atoms with Gasteiger partial charge in [0.25, 0.3) is 5.91 Å². The second kappa shape index (κ2) is 4.91. The molecule has 1 N–H and O–H groups in total. The first-order chi connectivity index (χ1) is 9.22. The second-order valence-electron chi connectivity index (χ2n) is 5.14. The van der Waals surface area contributed by atoms with E-state index < -0.39 is 0 Å². The van der Waals surface area contributed by atoms with Crippen molar-refractivity contribution in [3.63, 3.8) is 0 Å². The summed E-state index contributed by atoms with van der Waals surface area (Å²) in [6.07, 6.45) is 4.79. The Morgan fingerprint density at radius 1 is 1.42 bits per heavy atom. The molecule has 5 nitrogen and oxygen atoms in total. The first kappa shape index (κ1) is 12.0. The Kier molecular flexibility index (Phi) is 3.11. The van der Waals surface area contributed by atoms with Gasteiger partial charge in [0, 0.05) is 12.1 Å². The summed E-state index contributed by atoms with van der Waals surface area (Å²) in [4.78, 5) is 12.0. The molecule has 0 saturated heterocycles. The molecule has 2 aromatic rings. The van der Waals surface area contributed by atoms with E-state index in [-0.39, 0.29) is 11.9 Å². The fourth-order valence-electron chi connectivity index (χ4n) is 2.51. The number of carbonyl (C=O) groups excluding carboxylic acids is 1. The summed E-state index contributed by atoms with van der Waals surface area (Å²) in [6.45, 7) is 2.21. The SMILES string of the molecule is CC1CCC(NC(=O)c2cc(-c3ccco3)on2)C1. The fraction of sp³-hybridized carbons (Fsp3) is 0.429. The highest BCUT2D eigenvalue weighted by atomic mass is 16.5. The van der Waals surface area contributed by atoms with Crippen molar-refractivity contribution >= 4 is 5.91 Å². The zero-order chi connectivity index (χ0) is 13.2. The summed E-state index contributed by atoms with van der Waals surface area (Å²) >= 11 is 0. The van der Waals surface area contributed by atoms with Gasteiger partial charge in [-0.25, -0.2) is 0 Å². The van der Waals surface area contributed by atoms with Crippen molar-refractivity contribution in [2.45, 2.75) is 32.2 Å². The van der Waals surface area contributed by atoms with Gasteiger partial charge in [-0.15, -0.1) is 0 Å². The number of rotatable bonds is 3. The Morgan fingerprint density at radius 2 is 2.32 bits per heavy atom. The Balaban J connectivity index is 1.67. The minimum absolute atomic E-state index is 0.180. The van der Waals surface area contributed by atoms with Crippen LogP contribution in [-0.2, 0) is 0 Å². The van der Waals surface area contributed by atoms with E-state index in [2.05, 4.69) is 17.4 Å². The number of carbonyl (C=O) groups is 1. The van der Waals surface area contributed by atoms with E-state index in [0.717, 1.165) is 12.8 Å². The molecule has 5 heteroatoms. The van der Waals surface area contributed by atoms with Gasteiger partial charge in [-0.05, 0) is 37.3 Å². The summed E-state index contributed by atoms with van der Waals surface area (Å²) < 4.78 is 10.3. The van der Waals surface area contributed by atoms with Crippen LogP contribution in [0.2, 0.25) is 0 Å². The minimum Gasteiger partial charge on any atom is -0.461 e. The molecular weight excluding hydrogens is 244 g/mol. The predicted molar refractivity (Wildman–Crippen MR) is 68.5 cm³/mol. The molecule has 0 aliphatic heterocycles. The van der Waals surface area contributed by atoms with Gasteiger partial charge in [0.2, 0.25) is 5.76 Å². The molecule has 3 rings (SSSR count). The van der Waals surface area contributed by atoms with Crippen molar-refractivity contribution in [1.29, 1.82) is 0 Å². The lowest BCUT2D eigenvalue weighted by Crippen LogP contribution is -2.33. The largest absolute Gasteiger partial charge is 0.461 e. The van der Waals surface area contributed by atoms with Gasteiger partial charge in [0.05, 0.1) is 6.26 Å². The lowest BCUT2D eigenvalue weighted by molar-refractivity contribution is 0.0928. The number of aromatic nitrogens is 1. The first-order valence-electron chi connectivity index (χ1n) is 6.54. The number of hydrogen-bond acceptors (Lipinski definition) is 4. The quantitative estimate of drug-likeness (QED) is 0.921. The molecule has 0 spiro atoms. The first-order valence-corrected chi connectivity index (χ1v) is 6.54. The van der Waals surface area contributed by atoms with Gasteiger partial charge < -0.3 is 14.3 Å². The van der Waals surface area contributed by atoms with Crippen LogP contribution in [0.1, 0.15) is 36.7 Å². The second-order valence-corrected chi connectivity index (χ2v) is 5.14. The number of amides is 1. The molecule has 1 aliphatic carbocycles. The van der Waals surface area contributed by atoms with E-state index in [1.165, 1.54) is 6.42 Å². The third kappa shape index (κ3) is 2.54. The van der Waals surface area contributed by atoms with Gasteiger partial charge >= 0.3 is 0 Å². The maximum atomic E-state index is 12.0. The molecule has 19 heavy (non-hydrogen) atoms. The van der Waals surface area contributed by atoms with Crippen molar-refractivity contribution in [2.24, 2.45) is 5.92 Å². The lowest BCUT2D eigenvalue weighted by Gasteiger charge is -2.10. The average molecular weight is 260 g/mol. The molecule has 2 aromatic heterocycles. The highest BCUT2D eigenvalue weighted by Gasteiger charge is 2.24. The Morgan fingerprint density at radius 3 is 3.00 bits per heavy atom. The van der Waals surface area contributed by atoms with Crippen molar-refractivity contribution in [1.82, 2.24) is 10.5 Å². The Labute approximate surface area is 111 Å². The Hall–Kier alpha value is -2.04. The smallest absolute Gasteiger partial charge is 0.273 e. The highest BCUT2D eigenvalue weighted by molar-refractivity contribution is 5.93. The van der Waals surface area contributed by atoms with E-state index in [1.54, 1.807) is 24.5 Å². The predicted octanol–water partition coefficient (Wildman–Crippen LogP) is 2.85. The van der Waals surface area contributed by atoms with Crippen LogP contribution in [0.15, 0.2) is 33.4 Å². The van der Waals surface area contributed by atoms with Crippen LogP contribution in [0.5, 0.6) is 0 Å². The molecule has 0 aromatic carbocycles. The van der Waals surface area contributed by atoms with Gasteiger partial charge in [0.1, 0.15) is 0 Å². The van der Waals surface area contributed by atoms with E-state index >= 15 is 0 Å². The van der Waals surface area contributed by atoms with E-state index in [1.807, 2.05) is 0 Å². The van der Waals surface area contributed by atoms with E-state index in [9.17, 15) is 4.79 Å². The molecule has 100 valence electrons. The fourth-order valence-corrected chi connectivity index (χ4v) is 2.51. The number of hydrogen-bond donors (Lipinski definition) is 1. The topological polar surface area (TPSA) is 68.3 Å². The van der Waals surface area contributed by atoms with Crippen molar-refractivity contribution in [2.75, 3.05) is 0 Å².